The van der Waals surface area contributed by atoms with Crippen LogP contribution in [0.3, 0.4) is 0 Å². The first-order valence-electron chi connectivity index (χ1n) is 10.2. The molecular weight excluding hydrogens is 402 g/mol. The van der Waals surface area contributed by atoms with Crippen molar-refractivity contribution < 1.29 is 9.53 Å². The predicted octanol–water partition coefficient (Wildman–Crippen LogP) is 3.14. The average molecular weight is 428 g/mol. The van der Waals surface area contributed by atoms with E-state index in [0.29, 0.717) is 22.8 Å². The molecule has 158 valence electrons. The highest BCUT2D eigenvalue weighted by Crippen LogP contribution is 2.27. The van der Waals surface area contributed by atoms with E-state index in [1.165, 1.54) is 0 Å². The average Bonchev–Trinajstić information content (AvgIpc) is 3.07. The van der Waals surface area contributed by atoms with E-state index in [4.69, 9.17) is 16.3 Å². The van der Waals surface area contributed by atoms with Gasteiger partial charge in [0.15, 0.2) is 5.65 Å². The standard InChI is InChI=1S/C22H26ClN5O2/c1-15-14-17(22(29)24-8-5-9-27-10-12-30-13-11-27)20-16(2)26-28(21(20)25-15)19-7-4-3-6-18(19)23/h3-4,6-7,14H,5,8-13H2,1-2H3,(H,24,29). The molecule has 1 saturated heterocycles. The molecule has 1 amide bonds. The molecule has 0 unspecified atom stereocenters. The zero-order valence-corrected chi connectivity index (χ0v) is 18.1. The summed E-state index contributed by atoms with van der Waals surface area (Å²) in [4.78, 5) is 20.0. The third-order valence-electron chi connectivity index (χ3n) is 5.31. The molecule has 7 nitrogen and oxygen atoms in total. The number of carbonyl (C=O) groups is 1. The molecular formula is C22H26ClN5O2. The normalized spacial score (nSPS) is 14.9. The first-order valence-corrected chi connectivity index (χ1v) is 10.6. The number of fused-ring (bicyclic) bond motifs is 1. The van der Waals surface area contributed by atoms with Crippen LogP contribution in [0.15, 0.2) is 30.3 Å². The third-order valence-corrected chi connectivity index (χ3v) is 5.63. The molecule has 3 aromatic rings. The lowest BCUT2D eigenvalue weighted by Crippen LogP contribution is -2.38. The van der Waals surface area contributed by atoms with E-state index >= 15 is 0 Å². The highest BCUT2D eigenvalue weighted by molar-refractivity contribution is 6.32. The number of amides is 1. The Hall–Kier alpha value is -2.48. The van der Waals surface area contributed by atoms with E-state index in [-0.39, 0.29) is 5.91 Å². The van der Waals surface area contributed by atoms with Crippen molar-refractivity contribution in [2.24, 2.45) is 0 Å². The SMILES string of the molecule is Cc1cc(C(=O)NCCCN2CCOCC2)c2c(C)nn(-c3ccccc3Cl)c2n1. The van der Waals surface area contributed by atoms with E-state index in [9.17, 15) is 4.79 Å². The number of halogens is 1. The summed E-state index contributed by atoms with van der Waals surface area (Å²) < 4.78 is 7.09. The fourth-order valence-electron chi connectivity index (χ4n) is 3.81. The van der Waals surface area contributed by atoms with Crippen molar-refractivity contribution in [3.63, 3.8) is 0 Å². The summed E-state index contributed by atoms with van der Waals surface area (Å²) in [6, 6.07) is 9.31. The van der Waals surface area contributed by atoms with E-state index in [2.05, 4.69) is 20.3 Å². The molecule has 4 rings (SSSR count). The Bertz CT molecular complexity index is 1060. The molecule has 2 aromatic heterocycles. The number of benzene rings is 1. The molecule has 1 aromatic carbocycles. The summed E-state index contributed by atoms with van der Waals surface area (Å²) in [5, 5.41) is 9.03. The number of hydrogen-bond donors (Lipinski definition) is 1. The van der Waals surface area contributed by atoms with Crippen molar-refractivity contribution in [1.82, 2.24) is 25.0 Å². The first kappa shape index (κ1) is 20.8. The van der Waals surface area contributed by atoms with Crippen LogP contribution in [0.2, 0.25) is 5.02 Å². The van der Waals surface area contributed by atoms with Gasteiger partial charge >= 0.3 is 0 Å². The summed E-state index contributed by atoms with van der Waals surface area (Å²) in [5.41, 5.74) is 3.48. The van der Waals surface area contributed by atoms with E-state index in [1.54, 1.807) is 4.68 Å². The van der Waals surface area contributed by atoms with Crippen molar-refractivity contribution in [1.29, 1.82) is 0 Å². The molecule has 0 spiro atoms. The molecule has 0 saturated carbocycles. The maximum atomic E-state index is 13.0. The van der Waals surface area contributed by atoms with Crippen LogP contribution in [0.5, 0.6) is 0 Å². The molecule has 0 aliphatic carbocycles. The molecule has 1 N–H and O–H groups in total. The summed E-state index contributed by atoms with van der Waals surface area (Å²) >= 11 is 6.38. The van der Waals surface area contributed by atoms with Gasteiger partial charge in [0.05, 0.1) is 40.6 Å². The van der Waals surface area contributed by atoms with Gasteiger partial charge in [-0.1, -0.05) is 23.7 Å². The number of para-hydroxylation sites is 1. The van der Waals surface area contributed by atoms with Crippen LogP contribution in [0, 0.1) is 13.8 Å². The van der Waals surface area contributed by atoms with Gasteiger partial charge in [-0.15, -0.1) is 0 Å². The number of nitrogens with zero attached hydrogens (tertiary/aromatic N) is 4. The van der Waals surface area contributed by atoms with Crippen molar-refractivity contribution >= 4 is 28.5 Å². The lowest BCUT2D eigenvalue weighted by Gasteiger charge is -2.26. The number of ether oxygens (including phenoxy) is 1. The number of rotatable bonds is 6. The summed E-state index contributed by atoms with van der Waals surface area (Å²) in [6.45, 7) is 8.84. The van der Waals surface area contributed by atoms with E-state index < -0.39 is 0 Å². The quantitative estimate of drug-likeness (QED) is 0.612. The maximum Gasteiger partial charge on any atom is 0.252 e. The topological polar surface area (TPSA) is 72.3 Å². The largest absolute Gasteiger partial charge is 0.379 e. The molecule has 0 bridgehead atoms. The van der Waals surface area contributed by atoms with Crippen LogP contribution in [0.25, 0.3) is 16.7 Å². The van der Waals surface area contributed by atoms with E-state index in [0.717, 1.165) is 61.7 Å². The van der Waals surface area contributed by atoms with Gasteiger partial charge in [-0.05, 0) is 45.0 Å². The Kier molecular flexibility index (Phi) is 6.32. The number of morpholine rings is 1. The molecule has 1 aliphatic heterocycles. The van der Waals surface area contributed by atoms with Gasteiger partial charge in [-0.25, -0.2) is 9.67 Å². The highest BCUT2D eigenvalue weighted by atomic mass is 35.5. The first-order chi connectivity index (χ1) is 14.5. The van der Waals surface area contributed by atoms with Crippen molar-refractivity contribution in [3.8, 4) is 5.69 Å². The van der Waals surface area contributed by atoms with Gasteiger partial charge in [0, 0.05) is 25.3 Å². The lowest BCUT2D eigenvalue weighted by molar-refractivity contribution is 0.0374. The smallest absolute Gasteiger partial charge is 0.252 e. The maximum absolute atomic E-state index is 13.0. The lowest BCUT2D eigenvalue weighted by atomic mass is 10.1. The highest BCUT2D eigenvalue weighted by Gasteiger charge is 2.20. The van der Waals surface area contributed by atoms with Crippen LogP contribution >= 0.6 is 11.6 Å². The van der Waals surface area contributed by atoms with Crippen molar-refractivity contribution in [2.75, 3.05) is 39.4 Å². The molecule has 1 aliphatic rings. The van der Waals surface area contributed by atoms with Gasteiger partial charge in [0.1, 0.15) is 0 Å². The second-order valence-electron chi connectivity index (χ2n) is 7.52. The molecule has 30 heavy (non-hydrogen) atoms. The fourth-order valence-corrected chi connectivity index (χ4v) is 4.02. The molecule has 3 heterocycles. The van der Waals surface area contributed by atoms with Crippen LogP contribution < -0.4 is 5.32 Å². The summed E-state index contributed by atoms with van der Waals surface area (Å²) in [5.74, 6) is -0.103. The van der Waals surface area contributed by atoms with Crippen LogP contribution in [0.1, 0.15) is 28.2 Å². The molecule has 1 fully saturated rings. The Morgan fingerprint density at radius 2 is 2.00 bits per heavy atom. The van der Waals surface area contributed by atoms with Gasteiger partial charge in [0.2, 0.25) is 0 Å². The number of nitrogens with one attached hydrogen (secondary N) is 1. The van der Waals surface area contributed by atoms with E-state index in [1.807, 2.05) is 44.2 Å². The zero-order chi connectivity index (χ0) is 21.1. The van der Waals surface area contributed by atoms with Crippen LogP contribution in [-0.2, 0) is 4.74 Å². The second-order valence-corrected chi connectivity index (χ2v) is 7.93. The third kappa shape index (κ3) is 4.33. The molecule has 0 atom stereocenters. The minimum Gasteiger partial charge on any atom is -0.379 e. The zero-order valence-electron chi connectivity index (χ0n) is 17.3. The Morgan fingerprint density at radius 1 is 1.23 bits per heavy atom. The number of aryl methyl sites for hydroxylation is 2. The Balaban J connectivity index is 1.55. The van der Waals surface area contributed by atoms with Gasteiger partial charge < -0.3 is 10.1 Å². The Morgan fingerprint density at radius 3 is 2.77 bits per heavy atom. The molecule has 8 heteroatoms. The van der Waals surface area contributed by atoms with Gasteiger partial charge in [-0.2, -0.15) is 5.10 Å². The fraction of sp³-hybridized carbons (Fsp3) is 0.409. The second kappa shape index (κ2) is 9.12. The van der Waals surface area contributed by atoms with Crippen LogP contribution in [0.4, 0.5) is 0 Å². The summed E-state index contributed by atoms with van der Waals surface area (Å²) in [6.07, 6.45) is 0.900. The number of carbonyl (C=O) groups excluding carboxylic acids is 1. The summed E-state index contributed by atoms with van der Waals surface area (Å²) in [7, 11) is 0. The van der Waals surface area contributed by atoms with Crippen molar-refractivity contribution in [2.45, 2.75) is 20.3 Å². The van der Waals surface area contributed by atoms with Crippen LogP contribution in [-0.4, -0.2) is 65.0 Å². The Labute approximate surface area is 181 Å². The minimum absolute atomic E-state index is 0.103. The monoisotopic (exact) mass is 427 g/mol. The minimum atomic E-state index is -0.103. The number of hydrogen-bond acceptors (Lipinski definition) is 5. The molecule has 0 radical (unpaired) electrons. The van der Waals surface area contributed by atoms with Gasteiger partial charge in [-0.3, -0.25) is 9.69 Å². The van der Waals surface area contributed by atoms with Gasteiger partial charge in [0.25, 0.3) is 5.91 Å². The van der Waals surface area contributed by atoms with Crippen molar-refractivity contribution in [3.05, 3.63) is 52.3 Å². The number of aromatic nitrogens is 3. The predicted molar refractivity (Wildman–Crippen MR) is 118 cm³/mol. The number of pyridine rings is 1.